The van der Waals surface area contributed by atoms with E-state index in [0.717, 1.165) is 51.9 Å². The van der Waals surface area contributed by atoms with Gasteiger partial charge in [0.1, 0.15) is 11.8 Å². The molecule has 0 saturated carbocycles. The molecule has 0 N–H and O–H groups in total. The van der Waals surface area contributed by atoms with Gasteiger partial charge in [0.2, 0.25) is 0 Å². The number of ketones is 1. The minimum Gasteiger partial charge on any atom is -0.365 e. The van der Waals surface area contributed by atoms with Crippen LogP contribution in [0.4, 0.5) is 0 Å². The van der Waals surface area contributed by atoms with Crippen molar-refractivity contribution in [1.82, 2.24) is 14.4 Å². The Balaban J connectivity index is 1.10. The van der Waals surface area contributed by atoms with Gasteiger partial charge in [0.05, 0.1) is 6.10 Å². The predicted octanol–water partition coefficient (Wildman–Crippen LogP) is 5.20. The van der Waals surface area contributed by atoms with Crippen LogP contribution in [0.15, 0.2) is 72.9 Å². The highest BCUT2D eigenvalue weighted by Gasteiger charge is 2.28. The van der Waals surface area contributed by atoms with Crippen LogP contribution in [0.2, 0.25) is 0 Å². The number of rotatable bonds is 9. The lowest BCUT2D eigenvalue weighted by Crippen LogP contribution is -2.38. The number of carbonyl (C=O) groups is 2. The van der Waals surface area contributed by atoms with Crippen LogP contribution >= 0.6 is 0 Å². The second kappa shape index (κ2) is 11.9. The Kier molecular flexibility index (Phi) is 8.17. The van der Waals surface area contributed by atoms with Gasteiger partial charge in [0, 0.05) is 51.4 Å². The molecule has 37 heavy (non-hydrogen) atoms. The highest BCUT2D eigenvalue weighted by Crippen LogP contribution is 2.30. The predicted molar refractivity (Wildman–Crippen MR) is 145 cm³/mol. The van der Waals surface area contributed by atoms with Crippen molar-refractivity contribution in [2.24, 2.45) is 0 Å². The third kappa shape index (κ3) is 6.03. The molecule has 194 valence electrons. The van der Waals surface area contributed by atoms with Crippen LogP contribution in [0.3, 0.4) is 0 Å². The standard InChI is InChI=1S/C31H37N3O3/c1-32-20-17-28(35)27-16-23-34(29(27)31(32)36)19-9-8-18-33-21-14-26(15-22-33)37-30(24-10-4-2-5-11-24)25-12-6-3-7-13-25/h2-7,10-13,16,23,26,30H,8-9,14-15,17-22H2,1H3. The summed E-state index contributed by atoms with van der Waals surface area (Å²) in [5.41, 5.74) is 3.55. The lowest BCUT2D eigenvalue weighted by atomic mass is 10.00. The van der Waals surface area contributed by atoms with Gasteiger partial charge >= 0.3 is 0 Å². The van der Waals surface area contributed by atoms with E-state index in [2.05, 4.69) is 53.4 Å². The van der Waals surface area contributed by atoms with E-state index in [1.54, 1.807) is 11.9 Å². The van der Waals surface area contributed by atoms with Crippen molar-refractivity contribution in [3.63, 3.8) is 0 Å². The van der Waals surface area contributed by atoms with Gasteiger partial charge in [0.15, 0.2) is 5.78 Å². The van der Waals surface area contributed by atoms with Crippen molar-refractivity contribution in [2.45, 2.75) is 50.9 Å². The molecular formula is C31H37N3O3. The van der Waals surface area contributed by atoms with Crippen LogP contribution in [-0.4, -0.2) is 65.4 Å². The maximum Gasteiger partial charge on any atom is 0.270 e. The molecule has 1 aromatic heterocycles. The minimum atomic E-state index is -0.0442. The number of carbonyl (C=O) groups excluding carboxylic acids is 2. The monoisotopic (exact) mass is 499 g/mol. The summed E-state index contributed by atoms with van der Waals surface area (Å²) in [5.74, 6) is 0.0236. The molecule has 3 aromatic rings. The quantitative estimate of drug-likeness (QED) is 0.380. The van der Waals surface area contributed by atoms with Gasteiger partial charge in [-0.2, -0.15) is 0 Å². The molecule has 0 unspecified atom stereocenters. The van der Waals surface area contributed by atoms with Crippen molar-refractivity contribution in [3.05, 3.63) is 95.3 Å². The number of aromatic nitrogens is 1. The molecule has 1 fully saturated rings. The lowest BCUT2D eigenvalue weighted by molar-refractivity contribution is -0.0271. The Morgan fingerprint density at radius 1 is 0.838 bits per heavy atom. The highest BCUT2D eigenvalue weighted by atomic mass is 16.5. The number of likely N-dealkylation sites (tertiary alicyclic amines) is 1. The first-order valence-electron chi connectivity index (χ1n) is 13.6. The van der Waals surface area contributed by atoms with E-state index in [0.29, 0.717) is 24.2 Å². The summed E-state index contributed by atoms with van der Waals surface area (Å²) < 4.78 is 8.66. The SMILES string of the molecule is CN1CCC(=O)c2ccn(CCCCN3CCC(OC(c4ccccc4)c4ccccc4)CC3)c2C1=O. The van der Waals surface area contributed by atoms with Gasteiger partial charge in [0.25, 0.3) is 5.91 Å². The fourth-order valence-electron chi connectivity index (χ4n) is 5.49. The molecule has 6 nitrogen and oxygen atoms in total. The summed E-state index contributed by atoms with van der Waals surface area (Å²) in [4.78, 5) is 29.3. The zero-order valence-corrected chi connectivity index (χ0v) is 21.7. The number of ether oxygens (including phenoxy) is 1. The van der Waals surface area contributed by atoms with Crippen LogP contribution in [0, 0.1) is 0 Å². The number of aryl methyl sites for hydroxylation is 1. The van der Waals surface area contributed by atoms with Gasteiger partial charge in [-0.3, -0.25) is 9.59 Å². The Morgan fingerprint density at radius 2 is 1.46 bits per heavy atom. The van der Waals surface area contributed by atoms with Gasteiger partial charge in [-0.25, -0.2) is 0 Å². The van der Waals surface area contributed by atoms with E-state index < -0.39 is 0 Å². The summed E-state index contributed by atoms with van der Waals surface area (Å²) >= 11 is 0. The molecule has 0 spiro atoms. The van der Waals surface area contributed by atoms with Crippen molar-refractivity contribution >= 4 is 11.7 Å². The highest BCUT2D eigenvalue weighted by molar-refractivity contribution is 6.08. The number of benzene rings is 2. The molecule has 0 bridgehead atoms. The van der Waals surface area contributed by atoms with Crippen molar-refractivity contribution < 1.29 is 14.3 Å². The molecule has 1 saturated heterocycles. The maximum absolute atomic E-state index is 12.8. The zero-order valence-electron chi connectivity index (χ0n) is 21.7. The number of amides is 1. The Hall–Kier alpha value is -3.22. The van der Waals surface area contributed by atoms with E-state index in [1.165, 1.54) is 11.1 Å². The second-order valence-electron chi connectivity index (χ2n) is 10.3. The Bertz CT molecular complexity index is 1140. The Labute approximate surface area is 219 Å². The number of unbranched alkanes of at least 4 members (excludes halogenated alkanes) is 1. The lowest BCUT2D eigenvalue weighted by Gasteiger charge is -2.34. The number of hydrogen-bond acceptors (Lipinski definition) is 4. The molecule has 0 atom stereocenters. The molecule has 2 aliphatic rings. The van der Waals surface area contributed by atoms with Crippen molar-refractivity contribution in [1.29, 1.82) is 0 Å². The summed E-state index contributed by atoms with van der Waals surface area (Å²) in [7, 11) is 1.78. The van der Waals surface area contributed by atoms with E-state index in [1.807, 2.05) is 29.0 Å². The molecule has 6 heteroatoms. The number of piperidine rings is 1. The number of Topliss-reactive ketones (excluding diaryl/α,β-unsaturated/α-hetero) is 1. The Morgan fingerprint density at radius 3 is 2.11 bits per heavy atom. The van der Waals surface area contributed by atoms with Crippen LogP contribution in [0.5, 0.6) is 0 Å². The summed E-state index contributed by atoms with van der Waals surface area (Å²) in [6.07, 6.45) is 6.62. The molecule has 2 aliphatic heterocycles. The largest absolute Gasteiger partial charge is 0.365 e. The first-order chi connectivity index (χ1) is 18.1. The van der Waals surface area contributed by atoms with E-state index in [9.17, 15) is 9.59 Å². The van der Waals surface area contributed by atoms with Crippen LogP contribution < -0.4 is 0 Å². The number of nitrogens with zero attached hydrogens (tertiary/aromatic N) is 3. The summed E-state index contributed by atoms with van der Waals surface area (Å²) in [6.45, 7) is 4.38. The maximum atomic E-state index is 12.8. The average Bonchev–Trinajstić information content (AvgIpc) is 3.33. The van der Waals surface area contributed by atoms with Crippen LogP contribution in [-0.2, 0) is 11.3 Å². The van der Waals surface area contributed by atoms with Crippen LogP contribution in [0.1, 0.15) is 70.2 Å². The first-order valence-corrected chi connectivity index (χ1v) is 13.6. The van der Waals surface area contributed by atoms with Gasteiger partial charge < -0.3 is 19.1 Å². The molecule has 5 rings (SSSR count). The molecule has 2 aromatic carbocycles. The van der Waals surface area contributed by atoms with Crippen molar-refractivity contribution in [3.8, 4) is 0 Å². The number of hydrogen-bond donors (Lipinski definition) is 0. The molecule has 1 amide bonds. The second-order valence-corrected chi connectivity index (χ2v) is 10.3. The fourth-order valence-corrected chi connectivity index (χ4v) is 5.49. The third-order valence-corrected chi connectivity index (χ3v) is 7.68. The molecular weight excluding hydrogens is 462 g/mol. The van der Waals surface area contributed by atoms with Gasteiger partial charge in [-0.15, -0.1) is 0 Å². The van der Waals surface area contributed by atoms with Gasteiger partial charge in [-0.1, -0.05) is 60.7 Å². The molecule has 0 radical (unpaired) electrons. The first kappa shape index (κ1) is 25.4. The fraction of sp³-hybridized carbons (Fsp3) is 0.419. The smallest absolute Gasteiger partial charge is 0.270 e. The zero-order chi connectivity index (χ0) is 25.6. The van der Waals surface area contributed by atoms with Crippen molar-refractivity contribution in [2.75, 3.05) is 33.2 Å². The number of fused-ring (bicyclic) bond motifs is 1. The van der Waals surface area contributed by atoms with Gasteiger partial charge in [-0.05, 0) is 49.4 Å². The normalized spacial score (nSPS) is 17.3. The minimum absolute atomic E-state index is 0.0377. The summed E-state index contributed by atoms with van der Waals surface area (Å²) in [6, 6.07) is 22.8. The summed E-state index contributed by atoms with van der Waals surface area (Å²) in [5, 5.41) is 0. The average molecular weight is 500 g/mol. The molecule has 3 heterocycles. The van der Waals surface area contributed by atoms with Crippen LogP contribution in [0.25, 0.3) is 0 Å². The van der Waals surface area contributed by atoms with E-state index >= 15 is 0 Å². The molecule has 0 aliphatic carbocycles. The third-order valence-electron chi connectivity index (χ3n) is 7.68. The van der Waals surface area contributed by atoms with E-state index in [4.69, 9.17) is 4.74 Å². The topological polar surface area (TPSA) is 54.8 Å². The van der Waals surface area contributed by atoms with E-state index in [-0.39, 0.29) is 23.9 Å².